The smallest absolute Gasteiger partial charge is 0.369 e. The van der Waals surface area contributed by atoms with Gasteiger partial charge in [-0.3, -0.25) is 4.90 Å². The highest BCUT2D eigenvalue weighted by atomic mass is 19.3. The van der Waals surface area contributed by atoms with Gasteiger partial charge in [-0.05, 0) is 24.6 Å². The molecule has 2 aliphatic heterocycles. The predicted octanol–water partition coefficient (Wildman–Crippen LogP) is 2.51. The monoisotopic (exact) mass is 404 g/mol. The number of nitrogens with two attached hydrogens (primary N) is 1. The summed E-state index contributed by atoms with van der Waals surface area (Å²) in [5.41, 5.74) is 7.86. The van der Waals surface area contributed by atoms with Crippen LogP contribution in [0.3, 0.4) is 0 Å². The van der Waals surface area contributed by atoms with E-state index in [4.69, 9.17) is 11.0 Å². The molecule has 3 aliphatic rings. The van der Waals surface area contributed by atoms with Gasteiger partial charge in [0.1, 0.15) is 12.1 Å². The lowest BCUT2D eigenvalue weighted by Gasteiger charge is -2.35. The fourth-order valence-electron chi connectivity index (χ4n) is 5.35. The number of nitriles is 1. The number of amides is 2. The number of quaternary nitrogens is 1. The number of nitrogens with zero attached hydrogens (tertiary/aromatic N) is 4. The summed E-state index contributed by atoms with van der Waals surface area (Å²) in [6, 6.07) is 9.20. The molecule has 4 rings (SSSR count). The van der Waals surface area contributed by atoms with E-state index in [1.54, 1.807) is 6.92 Å². The fourth-order valence-corrected chi connectivity index (χ4v) is 5.35. The van der Waals surface area contributed by atoms with Gasteiger partial charge in [-0.1, -0.05) is 12.1 Å². The quantitative estimate of drug-likeness (QED) is 0.618. The lowest BCUT2D eigenvalue weighted by molar-refractivity contribution is -0.874. The van der Waals surface area contributed by atoms with Gasteiger partial charge < -0.3 is 10.6 Å². The van der Waals surface area contributed by atoms with E-state index in [0.717, 1.165) is 43.9 Å². The second-order valence-electron chi connectivity index (χ2n) is 8.76. The van der Waals surface area contributed by atoms with Gasteiger partial charge in [-0.15, -0.1) is 0 Å². The number of rotatable bonds is 4. The Morgan fingerprint density at radius 1 is 1.28 bits per heavy atom. The third-order valence-electron chi connectivity index (χ3n) is 6.99. The largest absolute Gasteiger partial charge is 0.414 e. The van der Waals surface area contributed by atoms with Crippen LogP contribution in [0.25, 0.3) is 0 Å². The molecule has 1 aromatic carbocycles. The Hall–Kier alpha value is -2.24. The summed E-state index contributed by atoms with van der Waals surface area (Å²) < 4.78 is 27.8. The number of hydrogen-bond donors (Lipinski definition) is 1. The van der Waals surface area contributed by atoms with E-state index in [9.17, 15) is 13.6 Å². The molecule has 4 atom stereocenters. The van der Waals surface area contributed by atoms with Crippen LogP contribution in [0.1, 0.15) is 31.2 Å². The summed E-state index contributed by atoms with van der Waals surface area (Å²) in [6.45, 7) is 5.19. The first-order chi connectivity index (χ1) is 13.8. The van der Waals surface area contributed by atoms with Crippen LogP contribution in [0.2, 0.25) is 0 Å². The van der Waals surface area contributed by atoms with E-state index in [-0.39, 0.29) is 22.9 Å². The van der Waals surface area contributed by atoms with Gasteiger partial charge in [0.25, 0.3) is 0 Å². The van der Waals surface area contributed by atoms with Gasteiger partial charge in [0, 0.05) is 44.2 Å². The Bertz CT molecular complexity index is 815. The minimum Gasteiger partial charge on any atom is -0.369 e. The summed E-state index contributed by atoms with van der Waals surface area (Å²) >= 11 is 0. The van der Waals surface area contributed by atoms with Crippen molar-refractivity contribution in [3.05, 3.63) is 29.8 Å². The average molecular weight is 404 g/mol. The highest BCUT2D eigenvalue weighted by Crippen LogP contribution is 2.54. The number of urea groups is 1. The maximum atomic E-state index is 14.1. The lowest BCUT2D eigenvalue weighted by atomic mass is 10.1. The van der Waals surface area contributed by atoms with E-state index >= 15 is 0 Å². The topological polar surface area (TPSA) is 73.4 Å². The molecule has 1 aromatic rings. The van der Waals surface area contributed by atoms with Gasteiger partial charge in [-0.25, -0.2) is 18.1 Å². The molecule has 2 saturated heterocycles. The Morgan fingerprint density at radius 3 is 2.45 bits per heavy atom. The molecule has 2 N–H and O–H groups in total. The molecule has 1 saturated carbocycles. The lowest BCUT2D eigenvalue weighted by Crippen LogP contribution is -2.60. The van der Waals surface area contributed by atoms with Gasteiger partial charge >= 0.3 is 12.0 Å². The predicted molar refractivity (Wildman–Crippen MR) is 106 cm³/mol. The molecule has 2 heterocycles. The Kier molecular flexibility index (Phi) is 4.99. The molecule has 0 radical (unpaired) electrons. The summed E-state index contributed by atoms with van der Waals surface area (Å²) in [5.74, 6) is -2.74. The third-order valence-corrected chi connectivity index (χ3v) is 6.99. The van der Waals surface area contributed by atoms with Crippen LogP contribution >= 0.6 is 0 Å². The van der Waals surface area contributed by atoms with Crippen molar-refractivity contribution in [3.63, 3.8) is 0 Å². The zero-order valence-electron chi connectivity index (χ0n) is 16.7. The number of primary amides is 1. The van der Waals surface area contributed by atoms with Crippen molar-refractivity contribution >= 4 is 11.7 Å². The number of benzene rings is 1. The third kappa shape index (κ3) is 3.58. The average Bonchev–Trinajstić information content (AvgIpc) is 3.43. The summed E-state index contributed by atoms with van der Waals surface area (Å²) in [7, 11) is 0. The highest BCUT2D eigenvalue weighted by molar-refractivity contribution is 5.66. The van der Waals surface area contributed by atoms with Crippen molar-refractivity contribution in [2.24, 2.45) is 5.73 Å². The molecule has 0 bridgehead atoms. The van der Waals surface area contributed by atoms with Gasteiger partial charge in [0.15, 0.2) is 6.54 Å². The molecule has 0 spiro atoms. The van der Waals surface area contributed by atoms with Crippen LogP contribution < -0.4 is 10.6 Å². The van der Waals surface area contributed by atoms with Crippen LogP contribution in [0, 0.1) is 11.3 Å². The van der Waals surface area contributed by atoms with E-state index in [1.807, 2.05) is 0 Å². The molecule has 3 fully saturated rings. The molecule has 29 heavy (non-hydrogen) atoms. The first-order valence-electron chi connectivity index (χ1n) is 10.3. The summed E-state index contributed by atoms with van der Waals surface area (Å²) in [4.78, 5) is 16.7. The van der Waals surface area contributed by atoms with E-state index in [2.05, 4.69) is 40.1 Å². The standard InChI is InChI=1S/C21H27F2N5O/c1-15-13-21(22,23)14-28(15,20(25)29)19-12-18(19)16-2-4-17(5-3-16)27-10-8-26(7-6-24)9-11-27/h2-5,15,18-19H,7-14H2,1H3,(H-,25,29)/p+1/t15-,18?,19?,28?/m1/s1. The van der Waals surface area contributed by atoms with E-state index in [1.165, 1.54) is 0 Å². The molecule has 2 amide bonds. The summed E-state index contributed by atoms with van der Waals surface area (Å²) in [6.07, 6.45) is 0.436. The van der Waals surface area contributed by atoms with Crippen molar-refractivity contribution in [1.29, 1.82) is 5.26 Å². The van der Waals surface area contributed by atoms with Crippen molar-refractivity contribution in [3.8, 4) is 6.07 Å². The van der Waals surface area contributed by atoms with E-state index < -0.39 is 24.5 Å². The number of likely N-dealkylation sites (tertiary alicyclic amines) is 1. The molecule has 0 aromatic heterocycles. The highest BCUT2D eigenvalue weighted by Gasteiger charge is 2.67. The van der Waals surface area contributed by atoms with Gasteiger partial charge in [0.2, 0.25) is 0 Å². The van der Waals surface area contributed by atoms with Crippen LogP contribution in [-0.4, -0.2) is 72.7 Å². The number of alkyl halides is 2. The number of piperazine rings is 1. The molecule has 156 valence electrons. The van der Waals surface area contributed by atoms with Crippen LogP contribution in [0.5, 0.6) is 0 Å². The molecule has 8 heteroatoms. The molecular formula is C21H28F2N5O+. The second-order valence-corrected chi connectivity index (χ2v) is 8.76. The zero-order chi connectivity index (χ0) is 20.8. The van der Waals surface area contributed by atoms with Crippen molar-refractivity contribution in [1.82, 2.24) is 4.90 Å². The minimum absolute atomic E-state index is 0.0976. The zero-order valence-corrected chi connectivity index (χ0v) is 16.7. The maximum Gasteiger partial charge on any atom is 0.414 e. The summed E-state index contributed by atoms with van der Waals surface area (Å²) in [5, 5.41) is 8.81. The number of anilines is 1. The number of carbonyl (C=O) groups is 1. The Labute approximate surface area is 170 Å². The second kappa shape index (κ2) is 7.22. The van der Waals surface area contributed by atoms with Crippen molar-refractivity contribution < 1.29 is 18.1 Å². The number of carbonyl (C=O) groups excluding carboxylic acids is 1. The Balaban J connectivity index is 1.44. The van der Waals surface area contributed by atoms with Crippen molar-refractivity contribution in [2.75, 3.05) is 44.2 Å². The van der Waals surface area contributed by atoms with Gasteiger partial charge in [-0.2, -0.15) is 5.26 Å². The van der Waals surface area contributed by atoms with Gasteiger partial charge in [0.05, 0.1) is 19.0 Å². The van der Waals surface area contributed by atoms with Crippen LogP contribution in [-0.2, 0) is 0 Å². The Morgan fingerprint density at radius 2 is 1.93 bits per heavy atom. The molecular weight excluding hydrogens is 376 g/mol. The first kappa shape index (κ1) is 20.0. The maximum absolute atomic E-state index is 14.1. The minimum atomic E-state index is -2.83. The normalized spacial score (nSPS) is 34.0. The van der Waals surface area contributed by atoms with E-state index in [0.29, 0.717) is 6.54 Å². The SMILES string of the molecule is C[C@@H]1CC(F)(F)C[N+]1(C(N)=O)C1CC1c1ccc(N2CCN(CC#N)CC2)cc1. The molecule has 1 aliphatic carbocycles. The number of halogens is 2. The molecule has 3 unspecified atom stereocenters. The first-order valence-corrected chi connectivity index (χ1v) is 10.3. The van der Waals surface area contributed by atoms with Crippen molar-refractivity contribution in [2.45, 2.75) is 43.7 Å². The number of hydrogen-bond acceptors (Lipinski definition) is 4. The molecule has 6 nitrogen and oxygen atoms in total. The van der Waals surface area contributed by atoms with Crippen LogP contribution in [0.4, 0.5) is 19.3 Å². The van der Waals surface area contributed by atoms with Crippen LogP contribution in [0.15, 0.2) is 24.3 Å². The fraction of sp³-hybridized carbons (Fsp3) is 0.619.